The van der Waals surface area contributed by atoms with E-state index in [0.29, 0.717) is 0 Å². The van der Waals surface area contributed by atoms with Crippen LogP contribution in [0.4, 0.5) is 0 Å². The van der Waals surface area contributed by atoms with E-state index >= 15 is 0 Å². The fraction of sp³-hybridized carbons (Fsp3) is 0.833. The second-order valence-corrected chi connectivity index (χ2v) is 9.89. The molecular weight excluding hydrogens is 302 g/mol. The number of sulfone groups is 1. The van der Waals surface area contributed by atoms with Crippen molar-refractivity contribution in [3.05, 3.63) is 0 Å². The number of amides is 1. The van der Waals surface area contributed by atoms with E-state index in [2.05, 4.69) is 0 Å². The summed E-state index contributed by atoms with van der Waals surface area (Å²) in [6.07, 6.45) is -0.328. The predicted molar refractivity (Wildman–Crippen MR) is 78.6 cm³/mol. The van der Waals surface area contributed by atoms with E-state index in [-0.39, 0.29) is 40.9 Å². The monoisotopic (exact) mass is 323 g/mol. The van der Waals surface area contributed by atoms with Crippen molar-refractivity contribution in [2.45, 2.75) is 38.0 Å². The summed E-state index contributed by atoms with van der Waals surface area (Å²) in [6, 6.07) is -0.751. The van der Waals surface area contributed by atoms with Gasteiger partial charge in [0.25, 0.3) is 0 Å². The van der Waals surface area contributed by atoms with Crippen LogP contribution in [0.5, 0.6) is 0 Å². The Hall–Kier alpha value is -0.760. The predicted octanol–water partition coefficient (Wildman–Crippen LogP) is 0.618. The largest absolute Gasteiger partial charge is 0.481 e. The van der Waals surface area contributed by atoms with Gasteiger partial charge in [-0.05, 0) is 0 Å². The molecule has 0 aliphatic carbocycles. The summed E-state index contributed by atoms with van der Waals surface area (Å²) in [5.41, 5.74) is 0. The summed E-state index contributed by atoms with van der Waals surface area (Å²) in [6.45, 7) is 6.05. The van der Waals surface area contributed by atoms with Gasteiger partial charge in [-0.3, -0.25) is 9.59 Å². The topological polar surface area (TPSA) is 91.8 Å². The molecule has 6 nitrogen and oxygen atoms in total. The van der Waals surface area contributed by atoms with Crippen LogP contribution in [0.25, 0.3) is 0 Å². The molecule has 0 aromatic rings. The van der Waals surface area contributed by atoms with Gasteiger partial charge in [0.15, 0.2) is 9.84 Å². The van der Waals surface area contributed by atoms with Crippen molar-refractivity contribution in [3.8, 4) is 0 Å². The first kappa shape index (κ1) is 17.3. The van der Waals surface area contributed by atoms with Gasteiger partial charge in [-0.2, -0.15) is 0 Å². The maximum atomic E-state index is 12.2. The van der Waals surface area contributed by atoms with Crippen molar-refractivity contribution in [2.24, 2.45) is 0 Å². The molecule has 1 aliphatic rings. The Kier molecular flexibility index (Phi) is 5.48. The average Bonchev–Trinajstić information content (AvgIpc) is 2.23. The maximum absolute atomic E-state index is 12.2. The zero-order valence-electron chi connectivity index (χ0n) is 12.0. The number of carbonyl (C=O) groups excluding carboxylic acids is 1. The van der Waals surface area contributed by atoms with Crippen LogP contribution in [0.15, 0.2) is 0 Å². The van der Waals surface area contributed by atoms with Crippen LogP contribution >= 0.6 is 11.8 Å². The summed E-state index contributed by atoms with van der Waals surface area (Å²) >= 11 is 1.47. The number of hydrogen-bond acceptors (Lipinski definition) is 5. The van der Waals surface area contributed by atoms with Crippen molar-refractivity contribution in [2.75, 3.05) is 23.8 Å². The van der Waals surface area contributed by atoms with Gasteiger partial charge in [0.1, 0.15) is 0 Å². The summed E-state index contributed by atoms with van der Waals surface area (Å²) < 4.78 is 23.1. The van der Waals surface area contributed by atoms with E-state index in [1.54, 1.807) is 0 Å². The molecule has 116 valence electrons. The molecule has 1 heterocycles. The third-order valence-corrected chi connectivity index (χ3v) is 5.84. The fourth-order valence-corrected chi connectivity index (χ4v) is 4.19. The van der Waals surface area contributed by atoms with E-state index in [0.717, 1.165) is 0 Å². The van der Waals surface area contributed by atoms with Gasteiger partial charge in [-0.1, -0.05) is 20.8 Å². The lowest BCUT2D eigenvalue weighted by molar-refractivity contribution is -0.139. The molecule has 1 N–H and O–H groups in total. The number of carbonyl (C=O) groups is 2. The van der Waals surface area contributed by atoms with Crippen LogP contribution in [0.1, 0.15) is 27.2 Å². The van der Waals surface area contributed by atoms with Gasteiger partial charge in [0.2, 0.25) is 5.91 Å². The summed E-state index contributed by atoms with van der Waals surface area (Å²) in [7, 11) is -3.25. The smallest absolute Gasteiger partial charge is 0.305 e. The van der Waals surface area contributed by atoms with E-state index in [4.69, 9.17) is 5.11 Å². The van der Waals surface area contributed by atoms with Gasteiger partial charge < -0.3 is 10.0 Å². The minimum Gasteiger partial charge on any atom is -0.481 e. The minimum atomic E-state index is -3.25. The molecule has 0 saturated carbocycles. The number of aliphatic carboxylic acids is 1. The van der Waals surface area contributed by atoms with Gasteiger partial charge in [-0.15, -0.1) is 11.8 Å². The number of rotatable bonds is 4. The molecule has 1 rings (SSSR count). The number of carboxylic acid groups (broad SMARTS) is 1. The first-order valence-corrected chi connectivity index (χ1v) is 9.16. The van der Waals surface area contributed by atoms with Gasteiger partial charge >= 0.3 is 5.97 Å². The Morgan fingerprint density at radius 1 is 1.35 bits per heavy atom. The highest BCUT2D eigenvalue weighted by atomic mass is 32.2. The lowest BCUT2D eigenvalue weighted by atomic mass is 10.2. The number of thioether (sulfide) groups is 1. The Bertz CT molecular complexity index is 481. The molecule has 0 spiro atoms. The summed E-state index contributed by atoms with van der Waals surface area (Å²) in [5, 5.41) is 8.86. The standard InChI is InChI=1S/C12H21NO5S2/c1-12(2,3)19-7-10(14)13-4-5-20(17,18)8-9(13)6-11(15)16/h9H,4-8H2,1-3H3,(H,15,16). The summed E-state index contributed by atoms with van der Waals surface area (Å²) in [4.78, 5) is 24.4. The molecule has 8 heteroatoms. The van der Waals surface area contributed by atoms with E-state index in [1.807, 2.05) is 20.8 Å². The van der Waals surface area contributed by atoms with E-state index in [9.17, 15) is 18.0 Å². The third kappa shape index (κ3) is 5.70. The third-order valence-electron chi connectivity index (χ3n) is 2.89. The first-order chi connectivity index (χ1) is 9.00. The molecule has 0 bridgehead atoms. The molecule has 0 aromatic heterocycles. The molecular formula is C12H21NO5S2. The number of nitrogens with zero attached hydrogens (tertiary/aromatic N) is 1. The van der Waals surface area contributed by atoms with Crippen molar-refractivity contribution in [1.29, 1.82) is 0 Å². The summed E-state index contributed by atoms with van der Waals surface area (Å²) in [5.74, 6) is -1.39. The second-order valence-electron chi connectivity index (χ2n) is 5.85. The highest BCUT2D eigenvalue weighted by molar-refractivity contribution is 8.01. The van der Waals surface area contributed by atoms with Crippen LogP contribution < -0.4 is 0 Å². The van der Waals surface area contributed by atoms with Crippen LogP contribution in [0.2, 0.25) is 0 Å². The quantitative estimate of drug-likeness (QED) is 0.815. The van der Waals surface area contributed by atoms with E-state index < -0.39 is 21.8 Å². The molecule has 20 heavy (non-hydrogen) atoms. The number of carboxylic acids is 1. The number of hydrogen-bond donors (Lipinski definition) is 1. The van der Waals surface area contributed by atoms with Crippen LogP contribution in [-0.2, 0) is 19.4 Å². The molecule has 0 aromatic carbocycles. The van der Waals surface area contributed by atoms with Crippen molar-refractivity contribution >= 4 is 33.5 Å². The molecule has 1 atom stereocenters. The van der Waals surface area contributed by atoms with Gasteiger partial charge in [0, 0.05) is 11.3 Å². The SMILES string of the molecule is CC(C)(C)SCC(=O)N1CCS(=O)(=O)CC1CC(=O)O. The highest BCUT2D eigenvalue weighted by Crippen LogP contribution is 2.24. The minimum absolute atomic E-state index is 0.0696. The second kappa shape index (κ2) is 6.34. The molecule has 1 aliphatic heterocycles. The molecule has 1 saturated heterocycles. The zero-order chi connectivity index (χ0) is 15.6. The van der Waals surface area contributed by atoms with Crippen molar-refractivity contribution in [1.82, 2.24) is 4.90 Å². The highest BCUT2D eigenvalue weighted by Gasteiger charge is 2.35. The maximum Gasteiger partial charge on any atom is 0.305 e. The Morgan fingerprint density at radius 3 is 2.45 bits per heavy atom. The van der Waals surface area contributed by atoms with Crippen LogP contribution in [0, 0.1) is 0 Å². The van der Waals surface area contributed by atoms with Crippen LogP contribution in [-0.4, -0.2) is 64.9 Å². The lowest BCUT2D eigenvalue weighted by Crippen LogP contribution is -2.52. The average molecular weight is 323 g/mol. The van der Waals surface area contributed by atoms with Gasteiger partial charge in [0.05, 0.1) is 29.7 Å². The lowest BCUT2D eigenvalue weighted by Gasteiger charge is -2.35. The zero-order valence-corrected chi connectivity index (χ0v) is 13.6. The Labute approximate surface area is 123 Å². The van der Waals surface area contributed by atoms with Crippen molar-refractivity contribution in [3.63, 3.8) is 0 Å². The normalized spacial score (nSPS) is 22.6. The molecule has 1 fully saturated rings. The van der Waals surface area contributed by atoms with Crippen LogP contribution in [0.3, 0.4) is 0 Å². The Morgan fingerprint density at radius 2 is 1.95 bits per heavy atom. The van der Waals surface area contributed by atoms with Gasteiger partial charge in [-0.25, -0.2) is 8.42 Å². The Balaban J connectivity index is 2.74. The van der Waals surface area contributed by atoms with Crippen molar-refractivity contribution < 1.29 is 23.1 Å². The first-order valence-electron chi connectivity index (χ1n) is 6.36. The molecule has 0 radical (unpaired) electrons. The fourth-order valence-electron chi connectivity index (χ4n) is 1.95. The molecule has 1 unspecified atom stereocenters. The van der Waals surface area contributed by atoms with E-state index in [1.165, 1.54) is 16.7 Å². The molecule has 1 amide bonds.